The summed E-state index contributed by atoms with van der Waals surface area (Å²) >= 11 is 0. The van der Waals surface area contributed by atoms with Gasteiger partial charge in [0.2, 0.25) is 0 Å². The molecule has 4 nitrogen and oxygen atoms in total. The van der Waals surface area contributed by atoms with Gasteiger partial charge in [-0.2, -0.15) is 0 Å². The Morgan fingerprint density at radius 1 is 1.46 bits per heavy atom. The van der Waals surface area contributed by atoms with Crippen LogP contribution < -0.4 is 5.32 Å². The van der Waals surface area contributed by atoms with Crippen molar-refractivity contribution in [1.82, 2.24) is 5.32 Å². The first-order valence-electron chi connectivity index (χ1n) is 4.34. The lowest BCUT2D eigenvalue weighted by molar-refractivity contribution is -0.129. The van der Waals surface area contributed by atoms with Gasteiger partial charge in [-0.15, -0.1) is 0 Å². The summed E-state index contributed by atoms with van der Waals surface area (Å²) in [5.41, 5.74) is -0.445. The van der Waals surface area contributed by atoms with E-state index in [4.69, 9.17) is 4.74 Å². The first-order valence-corrected chi connectivity index (χ1v) is 4.34. The molecular weight excluding hydrogens is 170 g/mol. The summed E-state index contributed by atoms with van der Waals surface area (Å²) in [6.45, 7) is 7.19. The zero-order chi connectivity index (χ0) is 10.2. The van der Waals surface area contributed by atoms with Crippen molar-refractivity contribution in [1.29, 1.82) is 0 Å². The molecular formula is C9H15NO3. The van der Waals surface area contributed by atoms with Gasteiger partial charge in [-0.3, -0.25) is 4.79 Å². The number of ether oxygens (including phenoxy) is 1. The number of rotatable bonds is 1. The molecule has 1 aliphatic heterocycles. The number of ketones is 1. The van der Waals surface area contributed by atoms with Gasteiger partial charge in [-0.1, -0.05) is 20.8 Å². The quantitative estimate of drug-likeness (QED) is 0.665. The first kappa shape index (κ1) is 10.0. The summed E-state index contributed by atoms with van der Waals surface area (Å²) in [4.78, 5) is 22.5. The highest BCUT2D eigenvalue weighted by Crippen LogP contribution is 2.21. The monoisotopic (exact) mass is 185 g/mol. The number of hydrogen-bond acceptors (Lipinski definition) is 3. The number of nitrogens with one attached hydrogen (secondary N) is 1. The first-order chi connectivity index (χ1) is 5.82. The lowest BCUT2D eigenvalue weighted by Gasteiger charge is -2.22. The van der Waals surface area contributed by atoms with Crippen molar-refractivity contribution in [3.05, 3.63) is 0 Å². The molecule has 74 valence electrons. The predicted molar refractivity (Wildman–Crippen MR) is 47.3 cm³/mol. The lowest BCUT2D eigenvalue weighted by Crippen LogP contribution is -2.44. The standard InChI is InChI=1S/C9H15NO3/c1-5-6(10-8(12)13-5)7(11)9(2,3)4/h5-6H,1-4H3,(H,10,12)/t5-,6-/m0/s1. The Morgan fingerprint density at radius 3 is 2.31 bits per heavy atom. The molecule has 0 radical (unpaired) electrons. The molecule has 1 aliphatic rings. The van der Waals surface area contributed by atoms with E-state index < -0.39 is 17.6 Å². The molecule has 1 heterocycles. The topological polar surface area (TPSA) is 55.4 Å². The van der Waals surface area contributed by atoms with Gasteiger partial charge < -0.3 is 10.1 Å². The van der Waals surface area contributed by atoms with Gasteiger partial charge in [0, 0.05) is 5.41 Å². The van der Waals surface area contributed by atoms with Crippen LogP contribution in [0.4, 0.5) is 4.79 Å². The average molecular weight is 185 g/mol. The zero-order valence-electron chi connectivity index (χ0n) is 8.38. The molecule has 1 amide bonds. The molecule has 1 fully saturated rings. The summed E-state index contributed by atoms with van der Waals surface area (Å²) in [6.07, 6.45) is -0.866. The van der Waals surface area contributed by atoms with Gasteiger partial charge in [0.15, 0.2) is 5.78 Å². The summed E-state index contributed by atoms with van der Waals surface area (Å²) in [5, 5.41) is 2.50. The summed E-state index contributed by atoms with van der Waals surface area (Å²) in [6, 6.07) is -0.493. The Hall–Kier alpha value is -1.06. The molecule has 13 heavy (non-hydrogen) atoms. The van der Waals surface area contributed by atoms with Crippen LogP contribution in [0, 0.1) is 5.41 Å². The molecule has 0 aliphatic carbocycles. The number of hydrogen-bond donors (Lipinski definition) is 1. The maximum absolute atomic E-state index is 11.7. The van der Waals surface area contributed by atoms with E-state index in [1.807, 2.05) is 20.8 Å². The highest BCUT2D eigenvalue weighted by Gasteiger charge is 2.40. The Labute approximate surface area is 77.6 Å². The molecule has 1 rings (SSSR count). The molecule has 0 unspecified atom stereocenters. The minimum absolute atomic E-state index is 0.00542. The van der Waals surface area contributed by atoms with Crippen molar-refractivity contribution in [2.24, 2.45) is 5.41 Å². The Bertz CT molecular complexity index is 242. The highest BCUT2D eigenvalue weighted by molar-refractivity contribution is 5.93. The van der Waals surface area contributed by atoms with Gasteiger partial charge in [0.1, 0.15) is 12.1 Å². The Kier molecular flexibility index (Phi) is 2.32. The zero-order valence-corrected chi connectivity index (χ0v) is 8.38. The van der Waals surface area contributed by atoms with Crippen LogP contribution in [0.5, 0.6) is 0 Å². The van der Waals surface area contributed by atoms with Crippen LogP contribution in [0.3, 0.4) is 0 Å². The predicted octanol–water partition coefficient (Wildman–Crippen LogP) is 1.10. The highest BCUT2D eigenvalue weighted by atomic mass is 16.6. The van der Waals surface area contributed by atoms with Crippen LogP contribution >= 0.6 is 0 Å². The molecule has 1 saturated heterocycles. The normalized spacial score (nSPS) is 28.2. The fourth-order valence-electron chi connectivity index (χ4n) is 1.26. The summed E-state index contributed by atoms with van der Waals surface area (Å²) in [5.74, 6) is 0.00542. The van der Waals surface area contributed by atoms with Gasteiger partial charge in [0.25, 0.3) is 0 Å². The minimum atomic E-state index is -0.505. The molecule has 0 aromatic carbocycles. The smallest absolute Gasteiger partial charge is 0.408 e. The molecule has 1 N–H and O–H groups in total. The Morgan fingerprint density at radius 2 is 2.00 bits per heavy atom. The number of amides is 1. The molecule has 0 bridgehead atoms. The maximum Gasteiger partial charge on any atom is 0.408 e. The van der Waals surface area contributed by atoms with Crippen molar-refractivity contribution in [3.8, 4) is 0 Å². The molecule has 0 saturated carbocycles. The van der Waals surface area contributed by atoms with Gasteiger partial charge >= 0.3 is 6.09 Å². The Balaban J connectivity index is 2.74. The number of carbonyl (C=O) groups is 2. The van der Waals surface area contributed by atoms with Crippen molar-refractivity contribution >= 4 is 11.9 Å². The van der Waals surface area contributed by atoms with Crippen molar-refractivity contribution in [2.45, 2.75) is 39.8 Å². The number of carbonyl (C=O) groups excluding carboxylic acids is 2. The number of Topliss-reactive ketones (excluding diaryl/α,β-unsaturated/α-hetero) is 1. The second kappa shape index (κ2) is 3.01. The van der Waals surface area contributed by atoms with Crippen LogP contribution in [0.25, 0.3) is 0 Å². The SMILES string of the molecule is C[C@@H]1OC(=O)N[C@@H]1C(=O)C(C)(C)C. The van der Waals surface area contributed by atoms with E-state index in [1.165, 1.54) is 0 Å². The van der Waals surface area contributed by atoms with E-state index in [0.717, 1.165) is 0 Å². The fourth-order valence-corrected chi connectivity index (χ4v) is 1.26. The molecule has 0 spiro atoms. The molecule has 0 aromatic rings. The van der Waals surface area contributed by atoms with Crippen molar-refractivity contribution in [2.75, 3.05) is 0 Å². The van der Waals surface area contributed by atoms with E-state index in [0.29, 0.717) is 0 Å². The van der Waals surface area contributed by atoms with Crippen LogP contribution in [0.2, 0.25) is 0 Å². The maximum atomic E-state index is 11.7. The van der Waals surface area contributed by atoms with Crippen LogP contribution in [-0.2, 0) is 9.53 Å². The third-order valence-electron chi connectivity index (χ3n) is 2.06. The molecule has 0 aromatic heterocycles. The van der Waals surface area contributed by atoms with E-state index in [-0.39, 0.29) is 11.9 Å². The fraction of sp³-hybridized carbons (Fsp3) is 0.778. The lowest BCUT2D eigenvalue weighted by atomic mass is 9.85. The van der Waals surface area contributed by atoms with E-state index in [2.05, 4.69) is 5.32 Å². The van der Waals surface area contributed by atoms with Crippen LogP contribution in [0.15, 0.2) is 0 Å². The van der Waals surface area contributed by atoms with Crippen molar-refractivity contribution in [3.63, 3.8) is 0 Å². The summed E-state index contributed by atoms with van der Waals surface area (Å²) in [7, 11) is 0. The van der Waals surface area contributed by atoms with E-state index >= 15 is 0 Å². The van der Waals surface area contributed by atoms with Gasteiger partial charge in [-0.25, -0.2) is 4.79 Å². The van der Waals surface area contributed by atoms with Crippen molar-refractivity contribution < 1.29 is 14.3 Å². The summed E-state index contributed by atoms with van der Waals surface area (Å²) < 4.78 is 4.82. The second-order valence-electron chi connectivity index (χ2n) is 4.35. The third-order valence-corrected chi connectivity index (χ3v) is 2.06. The van der Waals surface area contributed by atoms with Crippen LogP contribution in [0.1, 0.15) is 27.7 Å². The molecule has 2 atom stereocenters. The third kappa shape index (κ3) is 1.99. The number of alkyl carbamates (subject to hydrolysis) is 1. The van der Waals surface area contributed by atoms with E-state index in [9.17, 15) is 9.59 Å². The second-order valence-corrected chi connectivity index (χ2v) is 4.35. The largest absolute Gasteiger partial charge is 0.444 e. The molecule has 4 heteroatoms. The number of cyclic esters (lactones) is 1. The van der Waals surface area contributed by atoms with Gasteiger partial charge in [0.05, 0.1) is 0 Å². The average Bonchev–Trinajstić information content (AvgIpc) is 2.26. The van der Waals surface area contributed by atoms with Crippen LogP contribution in [-0.4, -0.2) is 24.0 Å². The van der Waals surface area contributed by atoms with E-state index in [1.54, 1.807) is 6.92 Å². The minimum Gasteiger partial charge on any atom is -0.444 e. The van der Waals surface area contributed by atoms with Gasteiger partial charge in [-0.05, 0) is 6.92 Å².